The van der Waals surface area contributed by atoms with Gasteiger partial charge in [-0.25, -0.2) is 0 Å². The number of aromatic nitrogens is 4. The molecular formula is C15H9ClN4O2S2. The van der Waals surface area contributed by atoms with E-state index in [4.69, 9.17) is 20.5 Å². The van der Waals surface area contributed by atoms with E-state index in [1.165, 1.54) is 11.8 Å². The highest BCUT2D eigenvalue weighted by Crippen LogP contribution is 2.27. The van der Waals surface area contributed by atoms with Crippen molar-refractivity contribution < 1.29 is 8.94 Å². The van der Waals surface area contributed by atoms with E-state index in [1.54, 1.807) is 23.5 Å². The topological polar surface area (TPSA) is 77.8 Å². The van der Waals surface area contributed by atoms with Crippen molar-refractivity contribution >= 4 is 34.7 Å². The van der Waals surface area contributed by atoms with Crippen LogP contribution in [0.5, 0.6) is 0 Å². The number of nitrogens with zero attached hydrogens (tertiary/aromatic N) is 4. The Bertz CT molecular complexity index is 935. The molecule has 0 N–H and O–H groups in total. The van der Waals surface area contributed by atoms with E-state index in [-0.39, 0.29) is 0 Å². The quantitative estimate of drug-likeness (QED) is 0.463. The predicted octanol–water partition coefficient (Wildman–Crippen LogP) is 4.79. The summed E-state index contributed by atoms with van der Waals surface area (Å²) in [6.45, 7) is 0. The Kier molecular flexibility index (Phi) is 4.33. The molecule has 1 aromatic carbocycles. The first kappa shape index (κ1) is 15.4. The molecule has 120 valence electrons. The highest BCUT2D eigenvalue weighted by Gasteiger charge is 2.13. The number of thioether (sulfide) groups is 1. The van der Waals surface area contributed by atoms with Crippen LogP contribution in [0.3, 0.4) is 0 Å². The SMILES string of the molecule is Clc1ccc(-c2nnc(SCc3nc(-c4cccs4)no3)o2)cc1. The van der Waals surface area contributed by atoms with Gasteiger partial charge in [-0.15, -0.1) is 21.5 Å². The number of thiophene rings is 1. The molecule has 0 fully saturated rings. The van der Waals surface area contributed by atoms with Gasteiger partial charge in [0.1, 0.15) is 0 Å². The number of rotatable bonds is 5. The summed E-state index contributed by atoms with van der Waals surface area (Å²) < 4.78 is 10.9. The van der Waals surface area contributed by atoms with Crippen molar-refractivity contribution in [2.24, 2.45) is 0 Å². The van der Waals surface area contributed by atoms with Crippen molar-refractivity contribution in [2.75, 3.05) is 0 Å². The second kappa shape index (κ2) is 6.76. The van der Waals surface area contributed by atoms with Gasteiger partial charge < -0.3 is 8.94 Å². The van der Waals surface area contributed by atoms with E-state index in [9.17, 15) is 0 Å². The minimum atomic E-state index is 0.441. The average molecular weight is 377 g/mol. The monoisotopic (exact) mass is 376 g/mol. The molecule has 0 saturated carbocycles. The molecule has 0 unspecified atom stereocenters. The zero-order valence-electron chi connectivity index (χ0n) is 12.0. The molecule has 0 bridgehead atoms. The molecule has 0 aliphatic heterocycles. The zero-order chi connectivity index (χ0) is 16.4. The van der Waals surface area contributed by atoms with Crippen LogP contribution in [0, 0.1) is 0 Å². The molecule has 0 aliphatic rings. The van der Waals surface area contributed by atoms with E-state index in [0.717, 1.165) is 10.4 Å². The molecule has 24 heavy (non-hydrogen) atoms. The van der Waals surface area contributed by atoms with Crippen molar-refractivity contribution in [3.8, 4) is 22.2 Å². The van der Waals surface area contributed by atoms with Crippen molar-refractivity contribution in [2.45, 2.75) is 11.0 Å². The van der Waals surface area contributed by atoms with Gasteiger partial charge in [0.15, 0.2) is 0 Å². The van der Waals surface area contributed by atoms with Crippen molar-refractivity contribution in [1.82, 2.24) is 20.3 Å². The van der Waals surface area contributed by atoms with Crippen molar-refractivity contribution in [3.05, 3.63) is 52.7 Å². The summed E-state index contributed by atoms with van der Waals surface area (Å²) in [5.74, 6) is 2.00. The summed E-state index contributed by atoms with van der Waals surface area (Å²) >= 11 is 8.77. The van der Waals surface area contributed by atoms with E-state index in [1.807, 2.05) is 29.6 Å². The molecule has 6 nitrogen and oxygen atoms in total. The second-order valence-electron chi connectivity index (χ2n) is 4.66. The average Bonchev–Trinajstić information content (AvgIpc) is 3.34. The molecule has 0 spiro atoms. The molecule has 0 atom stereocenters. The fourth-order valence-corrected chi connectivity index (χ4v) is 3.30. The van der Waals surface area contributed by atoms with Crippen molar-refractivity contribution in [3.63, 3.8) is 0 Å². The lowest BCUT2D eigenvalue weighted by Crippen LogP contribution is -1.81. The molecule has 3 aromatic heterocycles. The Labute approximate surface area is 149 Å². The predicted molar refractivity (Wildman–Crippen MR) is 91.9 cm³/mol. The molecule has 9 heteroatoms. The standard InChI is InChI=1S/C15H9ClN4O2S2/c16-10-5-3-9(4-6-10)14-18-19-15(21-14)24-8-12-17-13(20-22-12)11-2-1-7-23-11/h1-7H,8H2. The second-order valence-corrected chi connectivity index (χ2v) is 6.97. The third-order valence-electron chi connectivity index (χ3n) is 3.03. The fourth-order valence-electron chi connectivity index (χ4n) is 1.92. The molecule has 0 aliphatic carbocycles. The fraction of sp³-hybridized carbons (Fsp3) is 0.0667. The zero-order valence-corrected chi connectivity index (χ0v) is 14.4. The third kappa shape index (κ3) is 3.35. The highest BCUT2D eigenvalue weighted by molar-refractivity contribution is 7.98. The van der Waals surface area contributed by atoms with Gasteiger partial charge in [0.2, 0.25) is 17.6 Å². The Morgan fingerprint density at radius 1 is 1.12 bits per heavy atom. The van der Waals surface area contributed by atoms with Crippen LogP contribution in [-0.2, 0) is 5.75 Å². The molecule has 4 rings (SSSR count). The number of halogens is 1. The Morgan fingerprint density at radius 3 is 2.79 bits per heavy atom. The number of hydrogen-bond acceptors (Lipinski definition) is 8. The normalized spacial score (nSPS) is 11.0. The summed E-state index contributed by atoms with van der Waals surface area (Å²) in [7, 11) is 0. The van der Waals surface area contributed by atoms with Gasteiger partial charge >= 0.3 is 0 Å². The summed E-state index contributed by atoms with van der Waals surface area (Å²) in [5, 5.41) is 15.1. The van der Waals surface area contributed by atoms with Gasteiger partial charge in [0.25, 0.3) is 5.22 Å². The molecule has 3 heterocycles. The number of benzene rings is 1. The maximum atomic E-state index is 5.87. The molecule has 0 saturated heterocycles. The van der Waals surface area contributed by atoms with Crippen LogP contribution in [0.4, 0.5) is 0 Å². The number of hydrogen-bond donors (Lipinski definition) is 0. The van der Waals surface area contributed by atoms with Crippen LogP contribution in [-0.4, -0.2) is 20.3 Å². The van der Waals surface area contributed by atoms with Gasteiger partial charge in [-0.3, -0.25) is 0 Å². The summed E-state index contributed by atoms with van der Waals surface area (Å²) in [4.78, 5) is 5.32. The summed E-state index contributed by atoms with van der Waals surface area (Å²) in [6, 6.07) is 11.1. The van der Waals surface area contributed by atoms with Crippen LogP contribution < -0.4 is 0 Å². The molecule has 4 aromatic rings. The smallest absolute Gasteiger partial charge is 0.277 e. The van der Waals surface area contributed by atoms with E-state index >= 15 is 0 Å². The lowest BCUT2D eigenvalue weighted by Gasteiger charge is -1.94. The third-order valence-corrected chi connectivity index (χ3v) is 4.95. The molecule has 0 amide bonds. The minimum absolute atomic E-state index is 0.441. The van der Waals surface area contributed by atoms with Gasteiger partial charge in [-0.05, 0) is 35.7 Å². The maximum Gasteiger partial charge on any atom is 0.277 e. The van der Waals surface area contributed by atoms with Crippen LogP contribution in [0.1, 0.15) is 5.89 Å². The molecule has 0 radical (unpaired) electrons. The highest BCUT2D eigenvalue weighted by atomic mass is 35.5. The lowest BCUT2D eigenvalue weighted by molar-refractivity contribution is 0.391. The van der Waals surface area contributed by atoms with E-state index in [0.29, 0.717) is 33.6 Å². The van der Waals surface area contributed by atoms with Crippen LogP contribution in [0.2, 0.25) is 5.02 Å². The Hall–Kier alpha value is -2.16. The first-order valence-electron chi connectivity index (χ1n) is 6.86. The van der Waals surface area contributed by atoms with Gasteiger partial charge in [0, 0.05) is 10.6 Å². The van der Waals surface area contributed by atoms with Crippen LogP contribution in [0.25, 0.3) is 22.2 Å². The Morgan fingerprint density at radius 2 is 2.00 bits per heavy atom. The minimum Gasteiger partial charge on any atom is -0.411 e. The van der Waals surface area contributed by atoms with E-state index in [2.05, 4.69) is 20.3 Å². The van der Waals surface area contributed by atoms with Crippen molar-refractivity contribution in [1.29, 1.82) is 0 Å². The largest absolute Gasteiger partial charge is 0.411 e. The lowest BCUT2D eigenvalue weighted by atomic mass is 10.2. The van der Waals surface area contributed by atoms with Gasteiger partial charge in [-0.1, -0.05) is 34.6 Å². The first-order chi connectivity index (χ1) is 11.8. The molecular weight excluding hydrogens is 368 g/mol. The van der Waals surface area contributed by atoms with Crippen LogP contribution >= 0.6 is 34.7 Å². The van der Waals surface area contributed by atoms with E-state index < -0.39 is 0 Å². The summed E-state index contributed by atoms with van der Waals surface area (Å²) in [5.41, 5.74) is 0.816. The van der Waals surface area contributed by atoms with Gasteiger partial charge in [0.05, 0.1) is 10.6 Å². The van der Waals surface area contributed by atoms with Gasteiger partial charge in [-0.2, -0.15) is 4.98 Å². The Balaban J connectivity index is 1.42. The van der Waals surface area contributed by atoms with Crippen LogP contribution in [0.15, 0.2) is 55.9 Å². The summed E-state index contributed by atoms with van der Waals surface area (Å²) in [6.07, 6.45) is 0. The first-order valence-corrected chi connectivity index (χ1v) is 9.11. The maximum absolute atomic E-state index is 5.87.